The fourth-order valence-electron chi connectivity index (χ4n) is 0. The highest BCUT2D eigenvalue weighted by Gasteiger charge is 1.97. The molecule has 0 radical (unpaired) electrons. The summed E-state index contributed by atoms with van der Waals surface area (Å²) in [6.07, 6.45) is 0. The van der Waals surface area contributed by atoms with Crippen LogP contribution >= 0.6 is 40.6 Å². The van der Waals surface area contributed by atoms with Crippen LogP contribution in [0.3, 0.4) is 0 Å². The molecule has 0 spiro atoms. The van der Waals surface area contributed by atoms with Crippen LogP contribution in [-0.2, 0) is 4.57 Å². The lowest BCUT2D eigenvalue weighted by Gasteiger charge is -1.45. The Morgan fingerprint density at radius 1 is 1.57 bits per heavy atom. The quantitative estimate of drug-likeness (QED) is 0.415. The first-order chi connectivity index (χ1) is 3.15. The Labute approximate surface area is 58.3 Å². The molecule has 0 fully saturated rings. The van der Waals surface area contributed by atoms with Crippen LogP contribution in [0.5, 0.6) is 0 Å². The normalized spacial score (nSPS) is 6.29. The maximum atomic E-state index is 9.12. The second-order valence-electron chi connectivity index (χ2n) is 0.469. The van der Waals surface area contributed by atoms with E-state index in [1.54, 1.807) is 0 Å². The van der Waals surface area contributed by atoms with Gasteiger partial charge in [0.2, 0.25) is 22.5 Å². The van der Waals surface area contributed by atoms with Crippen LogP contribution in [-0.4, -0.2) is 5.88 Å². The molecule has 0 aliphatic heterocycles. The molecule has 0 bridgehead atoms. The molecule has 0 saturated heterocycles. The summed E-state index contributed by atoms with van der Waals surface area (Å²) in [5.74, 6) is 0.722. The van der Waals surface area contributed by atoms with E-state index in [4.69, 9.17) is 16.2 Å². The first kappa shape index (κ1) is 10.9. The third-order valence-corrected chi connectivity index (χ3v) is 0. The zero-order chi connectivity index (χ0) is 6.28. The lowest BCUT2D eigenvalue weighted by molar-refractivity contribution is 0.602. The monoisotopic (exact) mass is 181 g/mol. The predicted octanol–water partition coefficient (Wildman–Crippen LogP) is 3.37. The average Bonchev–Trinajstić information content (AvgIpc) is 1.33. The van der Waals surface area contributed by atoms with Gasteiger partial charge in [0.05, 0.1) is 0 Å². The molecule has 0 aromatic rings. The number of hydrogen-bond donors (Lipinski definition) is 0. The molecule has 1 nitrogen and oxygen atoms in total. The molecule has 44 valence electrons. The second kappa shape index (κ2) is 10.1. The number of hydrogen-bond acceptors (Lipinski definition) is 1. The summed E-state index contributed by atoms with van der Waals surface area (Å²) < 4.78 is 9.12. The van der Waals surface area contributed by atoms with Gasteiger partial charge in [0.1, 0.15) is 0 Å². The Bertz CT molecular complexity index is 44.2. The van der Waals surface area contributed by atoms with Gasteiger partial charge in [0, 0.05) is 5.88 Å². The minimum atomic E-state index is -1.93. The second-order valence-corrected chi connectivity index (χ2v) is 3.77. The molecular weight excluding hydrogens is 177 g/mol. The van der Waals surface area contributed by atoms with Crippen molar-refractivity contribution < 1.29 is 4.57 Å². The Morgan fingerprint density at radius 3 is 1.57 bits per heavy atom. The molecule has 0 heterocycles. The lowest BCUT2D eigenvalue weighted by atomic mass is 11.0. The van der Waals surface area contributed by atoms with Gasteiger partial charge in [-0.15, -0.1) is 11.6 Å². The van der Waals surface area contributed by atoms with Gasteiger partial charge in [0.15, 0.2) is 0 Å². The highest BCUT2D eigenvalue weighted by Crippen LogP contribution is 2.31. The van der Waals surface area contributed by atoms with Crippen molar-refractivity contribution in [3.63, 3.8) is 0 Å². The minimum Gasteiger partial charge on any atom is -0.127 e. The number of rotatable bonds is 0. The first-order valence-electron chi connectivity index (χ1n) is 1.50. The molecule has 5 heteroatoms. The van der Waals surface area contributed by atoms with Gasteiger partial charge in [-0.3, -0.25) is 0 Å². The smallest absolute Gasteiger partial charge is 0.127 e. The molecule has 0 saturated carbocycles. The molecule has 0 unspecified atom stereocenters. The Morgan fingerprint density at radius 2 is 1.57 bits per heavy atom. The largest absolute Gasteiger partial charge is 0.575 e. The summed E-state index contributed by atoms with van der Waals surface area (Å²) in [6, 6.07) is 0. The highest BCUT2D eigenvalue weighted by molar-refractivity contribution is 7.95. The van der Waals surface area contributed by atoms with Gasteiger partial charge in [-0.1, -0.05) is 6.92 Å². The van der Waals surface area contributed by atoms with E-state index >= 15 is 0 Å². The van der Waals surface area contributed by atoms with Crippen molar-refractivity contribution in [3.8, 4) is 0 Å². The van der Waals surface area contributed by atoms with Gasteiger partial charge in [-0.25, -0.2) is 0 Å². The summed E-state index contributed by atoms with van der Waals surface area (Å²) in [6.45, 7) is -0.0355. The van der Waals surface area contributed by atoms with Crippen molar-refractivity contribution in [1.29, 1.82) is 0 Å². The Hall–Kier alpha value is 0.970. The predicted molar refractivity (Wildman–Crippen MR) is 35.7 cm³/mol. The van der Waals surface area contributed by atoms with Gasteiger partial charge < -0.3 is 0 Å². The summed E-state index contributed by atoms with van der Waals surface area (Å²) in [7, 11) is 0. The van der Waals surface area contributed by atoms with E-state index in [0.29, 0.717) is 0 Å². The van der Waals surface area contributed by atoms with Crippen molar-refractivity contribution in [2.24, 2.45) is 0 Å². The fourth-order valence-corrected chi connectivity index (χ4v) is 0. The van der Waals surface area contributed by atoms with E-state index in [1.165, 1.54) is 0 Å². The topological polar surface area (TPSA) is 17.1 Å². The third kappa shape index (κ3) is 183. The van der Waals surface area contributed by atoms with Gasteiger partial charge >= 0.3 is 6.51 Å². The SMILES string of the molecule is CCCl.O=[P+](Cl)Cl. The molecule has 0 aliphatic carbocycles. The molecule has 7 heavy (non-hydrogen) atoms. The van der Waals surface area contributed by atoms with Crippen LogP contribution in [0.4, 0.5) is 0 Å². The molecule has 0 amide bonds. The van der Waals surface area contributed by atoms with Crippen molar-refractivity contribution in [2.45, 2.75) is 6.92 Å². The van der Waals surface area contributed by atoms with Crippen LogP contribution in [0.25, 0.3) is 0 Å². The van der Waals surface area contributed by atoms with E-state index in [-0.39, 0.29) is 0 Å². The Kier molecular flexibility index (Phi) is 15.6. The third-order valence-electron chi connectivity index (χ3n) is 0. The average molecular weight is 182 g/mol. The number of alkyl halides is 1. The molecule has 0 aliphatic rings. The van der Waals surface area contributed by atoms with Crippen molar-refractivity contribution in [2.75, 3.05) is 5.88 Å². The summed E-state index contributed by atoms with van der Waals surface area (Å²) in [4.78, 5) is 0. The van der Waals surface area contributed by atoms with E-state index in [1.807, 2.05) is 6.92 Å². The van der Waals surface area contributed by atoms with Crippen molar-refractivity contribution in [1.82, 2.24) is 0 Å². The summed E-state index contributed by atoms with van der Waals surface area (Å²) >= 11 is 14.1. The molecule has 0 N–H and O–H groups in total. The van der Waals surface area contributed by atoms with Crippen LogP contribution in [0.15, 0.2) is 0 Å². The molecular formula is C2H5Cl3OP+. The minimum absolute atomic E-state index is 0.722. The van der Waals surface area contributed by atoms with Gasteiger partial charge in [-0.05, 0) is 4.57 Å². The zero-order valence-corrected chi connectivity index (χ0v) is 6.86. The summed E-state index contributed by atoms with van der Waals surface area (Å²) in [5, 5.41) is 0. The first-order valence-corrected chi connectivity index (χ1v) is 5.10. The van der Waals surface area contributed by atoms with E-state index in [9.17, 15) is 0 Å². The van der Waals surface area contributed by atoms with E-state index < -0.39 is 6.51 Å². The zero-order valence-electron chi connectivity index (χ0n) is 3.70. The lowest BCUT2D eigenvalue weighted by Crippen LogP contribution is -1.36. The Balaban J connectivity index is 0. The van der Waals surface area contributed by atoms with Crippen molar-refractivity contribution in [3.05, 3.63) is 0 Å². The highest BCUT2D eigenvalue weighted by atomic mass is 35.9. The number of halogens is 3. The van der Waals surface area contributed by atoms with Crippen LogP contribution in [0, 0.1) is 0 Å². The van der Waals surface area contributed by atoms with E-state index in [2.05, 4.69) is 22.5 Å². The molecule has 0 rings (SSSR count). The van der Waals surface area contributed by atoms with E-state index in [0.717, 1.165) is 5.88 Å². The standard InChI is InChI=1S/C2H5Cl.Cl2OP/c1-2-3;1-4(2)3/h2H2,1H3;/q;+1. The van der Waals surface area contributed by atoms with Gasteiger partial charge in [0.25, 0.3) is 0 Å². The van der Waals surface area contributed by atoms with Crippen molar-refractivity contribution >= 4 is 40.6 Å². The van der Waals surface area contributed by atoms with Crippen LogP contribution in [0.1, 0.15) is 6.92 Å². The maximum Gasteiger partial charge on any atom is 0.575 e. The maximum absolute atomic E-state index is 9.12. The van der Waals surface area contributed by atoms with Crippen LogP contribution < -0.4 is 0 Å². The summed E-state index contributed by atoms with van der Waals surface area (Å²) in [5.41, 5.74) is 0. The molecule has 0 atom stereocenters. The molecule has 0 aromatic carbocycles. The fraction of sp³-hybridized carbons (Fsp3) is 1.00. The van der Waals surface area contributed by atoms with Crippen LogP contribution in [0.2, 0.25) is 0 Å². The van der Waals surface area contributed by atoms with Gasteiger partial charge in [-0.2, -0.15) is 0 Å². The molecule has 0 aromatic heterocycles.